The molecule has 0 spiro atoms. The molecule has 0 aromatic carbocycles. The van der Waals surface area contributed by atoms with Gasteiger partial charge in [-0.05, 0) is 58.2 Å². The topological polar surface area (TPSA) is 58.4 Å². The fourth-order valence-electron chi connectivity index (χ4n) is 4.40. The van der Waals surface area contributed by atoms with Gasteiger partial charge < -0.3 is 16.0 Å². The minimum Gasteiger partial charge on any atom is -0.354 e. The van der Waals surface area contributed by atoms with Gasteiger partial charge in [0.05, 0.1) is 0 Å². The van der Waals surface area contributed by atoms with E-state index in [2.05, 4.69) is 31.2 Å². The summed E-state index contributed by atoms with van der Waals surface area (Å²) >= 11 is 0. The van der Waals surface area contributed by atoms with Crippen LogP contribution >= 0.6 is 24.8 Å². The summed E-state index contributed by atoms with van der Waals surface area (Å²) in [5.74, 6) is 1.53. The maximum Gasteiger partial charge on any atom is 0.223 e. The van der Waals surface area contributed by atoms with Crippen LogP contribution in [-0.2, 0) is 4.79 Å². The molecule has 0 aliphatic heterocycles. The molecule has 0 saturated heterocycles. The maximum atomic E-state index is 12.5. The van der Waals surface area contributed by atoms with Crippen LogP contribution in [0.4, 0.5) is 0 Å². The summed E-state index contributed by atoms with van der Waals surface area (Å²) in [6, 6.07) is 0. The summed E-state index contributed by atoms with van der Waals surface area (Å²) in [5, 5.41) is 3.27. The van der Waals surface area contributed by atoms with E-state index in [-0.39, 0.29) is 42.2 Å². The Labute approximate surface area is 154 Å². The molecule has 23 heavy (non-hydrogen) atoms. The fourth-order valence-corrected chi connectivity index (χ4v) is 4.40. The molecule has 0 bridgehead atoms. The van der Waals surface area contributed by atoms with Crippen LogP contribution in [0.5, 0.6) is 0 Å². The standard InChI is InChI=1S/C17H33N3O.2ClH/c1-13-6-5-9-17(10-13,20(2)3)12-19-16(21)15-8-4-7-14(15)11-18;;/h13-15H,4-12,18H2,1-3H3,(H,19,21);2*1H/t13?,14-,15-,17?;;/m1../s1. The van der Waals surface area contributed by atoms with Crippen LogP contribution in [-0.4, -0.2) is 43.5 Å². The van der Waals surface area contributed by atoms with E-state index in [1.54, 1.807) is 0 Å². The monoisotopic (exact) mass is 367 g/mol. The van der Waals surface area contributed by atoms with Gasteiger partial charge in [-0.15, -0.1) is 24.8 Å². The number of nitrogens with two attached hydrogens (primary N) is 1. The van der Waals surface area contributed by atoms with E-state index >= 15 is 0 Å². The normalized spacial score (nSPS) is 33.7. The van der Waals surface area contributed by atoms with Crippen LogP contribution < -0.4 is 11.1 Å². The molecule has 2 unspecified atom stereocenters. The Morgan fingerprint density at radius 3 is 2.48 bits per heavy atom. The van der Waals surface area contributed by atoms with Gasteiger partial charge in [0.1, 0.15) is 0 Å². The van der Waals surface area contributed by atoms with Crippen molar-refractivity contribution in [1.29, 1.82) is 0 Å². The average molecular weight is 368 g/mol. The van der Waals surface area contributed by atoms with Gasteiger partial charge >= 0.3 is 0 Å². The molecule has 0 aromatic heterocycles. The third-order valence-corrected chi connectivity index (χ3v) is 5.91. The Morgan fingerprint density at radius 1 is 1.22 bits per heavy atom. The van der Waals surface area contributed by atoms with Crippen molar-refractivity contribution in [2.75, 3.05) is 27.2 Å². The first-order valence-corrected chi connectivity index (χ1v) is 8.64. The quantitative estimate of drug-likeness (QED) is 0.785. The third kappa shape index (κ3) is 5.48. The molecule has 1 amide bonds. The number of nitrogens with one attached hydrogen (secondary N) is 1. The van der Waals surface area contributed by atoms with Gasteiger partial charge in [0, 0.05) is 18.0 Å². The zero-order valence-corrected chi connectivity index (χ0v) is 16.5. The van der Waals surface area contributed by atoms with Gasteiger partial charge in [-0.1, -0.05) is 26.2 Å². The first-order valence-electron chi connectivity index (χ1n) is 8.64. The van der Waals surface area contributed by atoms with Gasteiger partial charge in [0.2, 0.25) is 5.91 Å². The van der Waals surface area contributed by atoms with E-state index in [0.29, 0.717) is 12.5 Å². The van der Waals surface area contributed by atoms with Gasteiger partial charge in [0.15, 0.2) is 0 Å². The molecule has 3 N–H and O–H groups in total. The van der Waals surface area contributed by atoms with Crippen LogP contribution in [0, 0.1) is 17.8 Å². The molecule has 138 valence electrons. The minimum atomic E-state index is 0. The summed E-state index contributed by atoms with van der Waals surface area (Å²) < 4.78 is 0. The number of carbonyl (C=O) groups excluding carboxylic acids is 1. The van der Waals surface area contributed by atoms with Crippen LogP contribution in [0.2, 0.25) is 0 Å². The smallest absolute Gasteiger partial charge is 0.223 e. The second-order valence-electron chi connectivity index (χ2n) is 7.57. The van der Waals surface area contributed by atoms with E-state index in [0.717, 1.165) is 31.7 Å². The molecule has 2 aliphatic carbocycles. The summed E-state index contributed by atoms with van der Waals surface area (Å²) in [6.07, 6.45) is 8.24. The highest BCUT2D eigenvalue weighted by molar-refractivity contribution is 5.85. The van der Waals surface area contributed by atoms with Crippen molar-refractivity contribution in [2.24, 2.45) is 23.5 Å². The summed E-state index contributed by atoms with van der Waals surface area (Å²) in [4.78, 5) is 14.8. The molecule has 4 nitrogen and oxygen atoms in total. The van der Waals surface area contributed by atoms with E-state index in [4.69, 9.17) is 5.73 Å². The number of hydrogen-bond acceptors (Lipinski definition) is 3. The number of nitrogens with zero attached hydrogens (tertiary/aromatic N) is 1. The lowest BCUT2D eigenvalue weighted by Gasteiger charge is -2.45. The molecular weight excluding hydrogens is 333 g/mol. The number of amides is 1. The molecule has 2 aliphatic rings. The average Bonchev–Trinajstić information content (AvgIpc) is 2.93. The van der Waals surface area contributed by atoms with E-state index in [1.165, 1.54) is 25.7 Å². The van der Waals surface area contributed by atoms with Crippen molar-refractivity contribution in [3.63, 3.8) is 0 Å². The number of carbonyl (C=O) groups is 1. The van der Waals surface area contributed by atoms with Gasteiger partial charge in [-0.2, -0.15) is 0 Å². The highest BCUT2D eigenvalue weighted by Crippen LogP contribution is 2.36. The Hall–Kier alpha value is -0.0300. The van der Waals surface area contributed by atoms with Crippen molar-refractivity contribution < 1.29 is 4.79 Å². The van der Waals surface area contributed by atoms with Crippen molar-refractivity contribution in [1.82, 2.24) is 10.2 Å². The Bertz CT molecular complexity index is 368. The fraction of sp³-hybridized carbons (Fsp3) is 0.941. The van der Waals surface area contributed by atoms with Gasteiger partial charge in [-0.25, -0.2) is 0 Å². The summed E-state index contributed by atoms with van der Waals surface area (Å²) in [7, 11) is 4.31. The SMILES string of the molecule is CC1CCCC(CNC(=O)[C@@H]2CCC[C@@H]2CN)(N(C)C)C1.Cl.Cl. The number of rotatable bonds is 5. The third-order valence-electron chi connectivity index (χ3n) is 5.91. The van der Waals surface area contributed by atoms with Crippen molar-refractivity contribution in [3.05, 3.63) is 0 Å². The lowest BCUT2D eigenvalue weighted by molar-refractivity contribution is -0.126. The molecule has 0 aromatic rings. The van der Waals surface area contributed by atoms with Crippen molar-refractivity contribution >= 4 is 30.7 Å². The zero-order chi connectivity index (χ0) is 15.5. The summed E-state index contributed by atoms with van der Waals surface area (Å²) in [6.45, 7) is 3.77. The Kier molecular flexibility index (Phi) is 10.1. The molecule has 4 atom stereocenters. The lowest BCUT2D eigenvalue weighted by Crippen LogP contribution is -2.55. The number of likely N-dealkylation sites (N-methyl/N-ethyl adjacent to an activating group) is 1. The van der Waals surface area contributed by atoms with Crippen LogP contribution in [0.15, 0.2) is 0 Å². The highest BCUT2D eigenvalue weighted by Gasteiger charge is 2.38. The molecule has 0 radical (unpaired) electrons. The molecule has 6 heteroatoms. The predicted molar refractivity (Wildman–Crippen MR) is 101 cm³/mol. The Balaban J connectivity index is 0.00000242. The predicted octanol–water partition coefficient (Wildman–Crippen LogP) is 2.83. The van der Waals surface area contributed by atoms with Gasteiger partial charge in [-0.3, -0.25) is 4.79 Å². The van der Waals surface area contributed by atoms with Crippen molar-refractivity contribution in [3.8, 4) is 0 Å². The molecule has 0 heterocycles. The molecular formula is C17H35Cl2N3O. The first-order chi connectivity index (χ1) is 9.98. The Morgan fingerprint density at radius 2 is 1.91 bits per heavy atom. The van der Waals surface area contributed by atoms with E-state index in [9.17, 15) is 4.79 Å². The largest absolute Gasteiger partial charge is 0.354 e. The van der Waals surface area contributed by atoms with Crippen LogP contribution in [0.25, 0.3) is 0 Å². The van der Waals surface area contributed by atoms with Crippen LogP contribution in [0.1, 0.15) is 51.9 Å². The zero-order valence-electron chi connectivity index (χ0n) is 14.8. The lowest BCUT2D eigenvalue weighted by atomic mass is 9.75. The van der Waals surface area contributed by atoms with Gasteiger partial charge in [0.25, 0.3) is 0 Å². The number of hydrogen-bond donors (Lipinski definition) is 2. The second kappa shape index (κ2) is 10.1. The highest BCUT2D eigenvalue weighted by atomic mass is 35.5. The molecule has 2 rings (SSSR count). The van der Waals surface area contributed by atoms with E-state index < -0.39 is 0 Å². The molecule has 2 fully saturated rings. The summed E-state index contributed by atoms with van der Waals surface area (Å²) in [5.41, 5.74) is 5.95. The minimum absolute atomic E-state index is 0. The number of halogens is 2. The maximum absolute atomic E-state index is 12.5. The van der Waals surface area contributed by atoms with E-state index in [1.807, 2.05) is 0 Å². The second-order valence-corrected chi connectivity index (χ2v) is 7.57. The first kappa shape index (κ1) is 23.0. The molecule has 2 saturated carbocycles. The van der Waals surface area contributed by atoms with Crippen molar-refractivity contribution in [2.45, 2.75) is 57.4 Å². The van der Waals surface area contributed by atoms with Crippen LogP contribution in [0.3, 0.4) is 0 Å².